The second kappa shape index (κ2) is 5.70. The maximum absolute atomic E-state index is 13.1. The Morgan fingerprint density at radius 3 is 2.43 bits per heavy atom. The number of fused-ring (bicyclic) bond motifs is 1. The van der Waals surface area contributed by atoms with Crippen LogP contribution in [0.3, 0.4) is 0 Å². The van der Waals surface area contributed by atoms with E-state index in [-0.39, 0.29) is 17.3 Å². The van der Waals surface area contributed by atoms with Gasteiger partial charge in [-0.2, -0.15) is 0 Å². The number of rotatable bonds is 2. The van der Waals surface area contributed by atoms with Gasteiger partial charge in [-0.15, -0.1) is 0 Å². The van der Waals surface area contributed by atoms with Crippen LogP contribution in [0, 0.1) is 12.8 Å². The summed E-state index contributed by atoms with van der Waals surface area (Å²) in [6, 6.07) is 13.7. The number of hydrogen-bond donors (Lipinski definition) is 1. The van der Waals surface area contributed by atoms with E-state index in [2.05, 4.69) is 5.32 Å². The second-order valence-corrected chi connectivity index (χ2v) is 7.62. The minimum atomic E-state index is -3.73. The molecule has 1 heterocycles. The van der Waals surface area contributed by atoms with E-state index in [0.717, 1.165) is 5.56 Å². The number of para-hydroxylation sites is 2. The zero-order valence-corrected chi connectivity index (χ0v) is 13.8. The van der Waals surface area contributed by atoms with E-state index in [9.17, 15) is 13.2 Å². The lowest BCUT2D eigenvalue weighted by molar-refractivity contribution is -0.119. The minimum Gasteiger partial charge on any atom is -0.324 e. The van der Waals surface area contributed by atoms with E-state index in [1.54, 1.807) is 55.5 Å². The number of carbonyl (C=O) groups is 1. The first kappa shape index (κ1) is 15.6. The van der Waals surface area contributed by atoms with Gasteiger partial charge >= 0.3 is 0 Å². The first-order valence-electron chi connectivity index (χ1n) is 7.39. The molecule has 5 nitrogen and oxygen atoms in total. The summed E-state index contributed by atoms with van der Waals surface area (Å²) in [4.78, 5) is 12.3. The van der Waals surface area contributed by atoms with E-state index in [0.29, 0.717) is 11.4 Å². The molecule has 0 saturated heterocycles. The van der Waals surface area contributed by atoms with E-state index in [4.69, 9.17) is 0 Å². The zero-order valence-electron chi connectivity index (χ0n) is 13.0. The molecule has 1 amide bonds. The summed E-state index contributed by atoms with van der Waals surface area (Å²) in [5.74, 6) is -0.623. The maximum Gasteiger partial charge on any atom is 0.264 e. The van der Waals surface area contributed by atoms with E-state index < -0.39 is 15.9 Å². The van der Waals surface area contributed by atoms with E-state index in [1.807, 2.05) is 6.92 Å². The highest BCUT2D eigenvalue weighted by atomic mass is 32.2. The van der Waals surface area contributed by atoms with Crippen LogP contribution in [0.25, 0.3) is 0 Å². The van der Waals surface area contributed by atoms with Crippen molar-refractivity contribution in [2.75, 3.05) is 16.2 Å². The Morgan fingerprint density at radius 2 is 1.74 bits per heavy atom. The number of amides is 1. The van der Waals surface area contributed by atoms with Crippen LogP contribution in [0.5, 0.6) is 0 Å². The Kier molecular flexibility index (Phi) is 3.85. The monoisotopic (exact) mass is 330 g/mol. The topological polar surface area (TPSA) is 66.5 Å². The Bertz CT molecular complexity index is 844. The summed E-state index contributed by atoms with van der Waals surface area (Å²) < 4.78 is 27.4. The molecule has 1 unspecified atom stereocenters. The first-order valence-corrected chi connectivity index (χ1v) is 8.83. The number of hydrogen-bond acceptors (Lipinski definition) is 3. The molecule has 120 valence electrons. The predicted octanol–water partition coefficient (Wildman–Crippen LogP) is 2.78. The van der Waals surface area contributed by atoms with Crippen molar-refractivity contribution in [3.63, 3.8) is 0 Å². The van der Waals surface area contributed by atoms with Crippen molar-refractivity contribution in [3.05, 3.63) is 54.1 Å². The maximum atomic E-state index is 13.1. The van der Waals surface area contributed by atoms with Crippen molar-refractivity contribution >= 4 is 27.3 Å². The molecule has 1 aliphatic rings. The van der Waals surface area contributed by atoms with Crippen LogP contribution < -0.4 is 9.62 Å². The molecular weight excluding hydrogens is 312 g/mol. The molecule has 6 heteroatoms. The largest absolute Gasteiger partial charge is 0.324 e. The zero-order chi connectivity index (χ0) is 16.6. The van der Waals surface area contributed by atoms with Gasteiger partial charge in [0.2, 0.25) is 5.91 Å². The van der Waals surface area contributed by atoms with Crippen LogP contribution >= 0.6 is 0 Å². The summed E-state index contributed by atoms with van der Waals surface area (Å²) in [6.07, 6.45) is 0. The van der Waals surface area contributed by atoms with E-state index >= 15 is 0 Å². The third-order valence-corrected chi connectivity index (χ3v) is 5.72. The predicted molar refractivity (Wildman–Crippen MR) is 89.9 cm³/mol. The van der Waals surface area contributed by atoms with Crippen LogP contribution in [0.1, 0.15) is 12.5 Å². The molecule has 1 aliphatic heterocycles. The summed E-state index contributed by atoms with van der Waals surface area (Å²) >= 11 is 0. The quantitative estimate of drug-likeness (QED) is 0.921. The second-order valence-electron chi connectivity index (χ2n) is 5.76. The molecule has 0 saturated carbocycles. The highest BCUT2D eigenvalue weighted by molar-refractivity contribution is 7.92. The van der Waals surface area contributed by atoms with Crippen molar-refractivity contribution in [1.29, 1.82) is 0 Å². The van der Waals surface area contributed by atoms with Crippen LogP contribution in [0.2, 0.25) is 0 Å². The number of sulfonamides is 1. The molecule has 0 spiro atoms. The number of carbonyl (C=O) groups excluding carboxylic acids is 1. The Balaban J connectivity index is 2.13. The van der Waals surface area contributed by atoms with Crippen LogP contribution in [-0.2, 0) is 14.8 Å². The lowest BCUT2D eigenvalue weighted by Crippen LogP contribution is -2.35. The van der Waals surface area contributed by atoms with Crippen LogP contribution in [0.4, 0.5) is 11.4 Å². The molecule has 23 heavy (non-hydrogen) atoms. The number of aryl methyl sites for hydroxylation is 1. The summed E-state index contributed by atoms with van der Waals surface area (Å²) in [5, 5.41) is 2.79. The first-order chi connectivity index (χ1) is 10.9. The van der Waals surface area contributed by atoms with Gasteiger partial charge in [0.25, 0.3) is 10.0 Å². The van der Waals surface area contributed by atoms with E-state index in [1.165, 1.54) is 4.31 Å². The molecule has 2 aromatic rings. The molecule has 0 bridgehead atoms. The lowest BCUT2D eigenvalue weighted by atomic mass is 10.2. The third-order valence-electron chi connectivity index (χ3n) is 3.93. The van der Waals surface area contributed by atoms with Crippen LogP contribution in [-0.4, -0.2) is 20.9 Å². The summed E-state index contributed by atoms with van der Waals surface area (Å²) in [7, 11) is -3.73. The SMILES string of the molecule is Cc1ccc(S(=O)(=O)N2CC(C)C(=O)Nc3ccccc32)cc1. The molecule has 0 aromatic heterocycles. The molecular formula is C17H18N2O3S. The van der Waals surface area contributed by atoms with Crippen molar-refractivity contribution in [2.45, 2.75) is 18.7 Å². The minimum absolute atomic E-state index is 0.110. The van der Waals surface area contributed by atoms with Crippen molar-refractivity contribution in [1.82, 2.24) is 0 Å². The molecule has 1 atom stereocenters. The van der Waals surface area contributed by atoms with Gasteiger partial charge < -0.3 is 5.32 Å². The third kappa shape index (κ3) is 2.82. The fourth-order valence-electron chi connectivity index (χ4n) is 2.55. The Labute approximate surface area is 136 Å². The Hall–Kier alpha value is -2.34. The van der Waals surface area contributed by atoms with Gasteiger partial charge in [0, 0.05) is 6.54 Å². The van der Waals surface area contributed by atoms with Crippen molar-refractivity contribution < 1.29 is 13.2 Å². The average Bonchev–Trinajstić information content (AvgIpc) is 2.65. The van der Waals surface area contributed by atoms with Crippen molar-refractivity contribution in [2.24, 2.45) is 5.92 Å². The van der Waals surface area contributed by atoms with Gasteiger partial charge in [0.05, 0.1) is 22.2 Å². The average molecular weight is 330 g/mol. The number of benzene rings is 2. The van der Waals surface area contributed by atoms with Gasteiger partial charge in [0.15, 0.2) is 0 Å². The molecule has 3 rings (SSSR count). The highest BCUT2D eigenvalue weighted by Crippen LogP contribution is 2.34. The number of nitrogens with zero attached hydrogens (tertiary/aromatic N) is 1. The lowest BCUT2D eigenvalue weighted by Gasteiger charge is -2.25. The molecule has 0 fully saturated rings. The number of anilines is 2. The van der Waals surface area contributed by atoms with Gasteiger partial charge in [-0.3, -0.25) is 9.10 Å². The fraction of sp³-hybridized carbons (Fsp3) is 0.235. The standard InChI is InChI=1S/C17H18N2O3S/c1-12-7-9-14(10-8-12)23(21,22)19-11-13(2)17(20)18-15-5-3-4-6-16(15)19/h3-10,13H,11H2,1-2H3,(H,18,20). The van der Waals surface area contributed by atoms with Crippen molar-refractivity contribution in [3.8, 4) is 0 Å². The van der Waals surface area contributed by atoms with Gasteiger partial charge in [0.1, 0.15) is 0 Å². The molecule has 2 aromatic carbocycles. The van der Waals surface area contributed by atoms with Gasteiger partial charge in [-0.05, 0) is 31.2 Å². The summed E-state index contributed by atoms with van der Waals surface area (Å²) in [5.41, 5.74) is 1.99. The Morgan fingerprint density at radius 1 is 1.09 bits per heavy atom. The number of nitrogens with one attached hydrogen (secondary N) is 1. The van der Waals surface area contributed by atoms with Gasteiger partial charge in [-0.25, -0.2) is 8.42 Å². The smallest absolute Gasteiger partial charge is 0.264 e. The van der Waals surface area contributed by atoms with Crippen LogP contribution in [0.15, 0.2) is 53.4 Å². The van der Waals surface area contributed by atoms with Gasteiger partial charge in [-0.1, -0.05) is 36.8 Å². The normalized spacial score (nSPS) is 18.1. The molecule has 0 aliphatic carbocycles. The molecule has 1 N–H and O–H groups in total. The molecule has 0 radical (unpaired) electrons. The summed E-state index contributed by atoms with van der Waals surface area (Å²) in [6.45, 7) is 3.74. The fourth-order valence-corrected chi connectivity index (χ4v) is 4.12. The highest BCUT2D eigenvalue weighted by Gasteiger charge is 2.32.